The summed E-state index contributed by atoms with van der Waals surface area (Å²) in [5, 5.41) is 3.49. The molecule has 0 bridgehead atoms. The largest absolute Gasteiger partial charge is 0.382 e. The number of hydrogen-bond acceptors (Lipinski definition) is 2. The van der Waals surface area contributed by atoms with Crippen LogP contribution in [0.3, 0.4) is 0 Å². The van der Waals surface area contributed by atoms with E-state index in [2.05, 4.69) is 31.3 Å². The van der Waals surface area contributed by atoms with Crippen LogP contribution in [0.4, 0.5) is 5.69 Å². The van der Waals surface area contributed by atoms with Crippen LogP contribution >= 0.6 is 0 Å². The number of rotatable bonds is 6. The molecule has 16 heavy (non-hydrogen) atoms. The average Bonchev–Trinajstić information content (AvgIpc) is 2.25. The van der Waals surface area contributed by atoms with Crippen molar-refractivity contribution < 1.29 is 4.21 Å². The van der Waals surface area contributed by atoms with E-state index in [1.54, 1.807) is 6.26 Å². The second kappa shape index (κ2) is 6.69. The third kappa shape index (κ3) is 4.35. The third-order valence-electron chi connectivity index (χ3n) is 2.65. The van der Waals surface area contributed by atoms with E-state index in [-0.39, 0.29) is 0 Å². The van der Waals surface area contributed by atoms with E-state index in [4.69, 9.17) is 0 Å². The molecule has 0 aromatic heterocycles. The molecule has 0 heterocycles. The predicted molar refractivity (Wildman–Crippen MR) is 72.2 cm³/mol. The summed E-state index contributed by atoms with van der Waals surface area (Å²) >= 11 is 0. The van der Waals surface area contributed by atoms with E-state index in [1.807, 2.05) is 12.1 Å². The third-order valence-corrected chi connectivity index (χ3v) is 3.39. The molecule has 0 aliphatic rings. The van der Waals surface area contributed by atoms with E-state index < -0.39 is 10.8 Å². The first-order chi connectivity index (χ1) is 7.65. The van der Waals surface area contributed by atoms with Gasteiger partial charge < -0.3 is 5.32 Å². The van der Waals surface area contributed by atoms with E-state index in [0.717, 1.165) is 24.1 Å². The monoisotopic (exact) mass is 239 g/mol. The Bertz CT molecular complexity index is 348. The van der Waals surface area contributed by atoms with Gasteiger partial charge in [0.05, 0.1) is 0 Å². The maximum Gasteiger partial charge on any atom is 0.0483 e. The highest BCUT2D eigenvalue weighted by Crippen LogP contribution is 2.15. The van der Waals surface area contributed by atoms with Gasteiger partial charge in [0.2, 0.25) is 0 Å². The van der Waals surface area contributed by atoms with Gasteiger partial charge in [0.1, 0.15) is 0 Å². The van der Waals surface area contributed by atoms with Crippen LogP contribution in [0.1, 0.15) is 32.3 Å². The molecule has 1 atom stereocenters. The van der Waals surface area contributed by atoms with Crippen molar-refractivity contribution in [2.75, 3.05) is 11.6 Å². The van der Waals surface area contributed by atoms with Gasteiger partial charge in [0.25, 0.3) is 0 Å². The molecule has 2 nitrogen and oxygen atoms in total. The van der Waals surface area contributed by atoms with Crippen LogP contribution in [0.25, 0.3) is 0 Å². The van der Waals surface area contributed by atoms with Crippen molar-refractivity contribution in [3.63, 3.8) is 0 Å². The van der Waals surface area contributed by atoms with Gasteiger partial charge in [-0.25, -0.2) is 0 Å². The van der Waals surface area contributed by atoms with E-state index in [1.165, 1.54) is 0 Å². The van der Waals surface area contributed by atoms with Crippen LogP contribution in [0.5, 0.6) is 0 Å². The van der Waals surface area contributed by atoms with Gasteiger partial charge >= 0.3 is 0 Å². The SMILES string of the molecule is CCC(CC)Nc1cccc(CS(C)=O)c1. The molecule has 1 unspecified atom stereocenters. The molecule has 1 aromatic rings. The van der Waals surface area contributed by atoms with Crippen molar-refractivity contribution in [3.05, 3.63) is 29.8 Å². The Morgan fingerprint density at radius 2 is 2.00 bits per heavy atom. The zero-order valence-electron chi connectivity index (χ0n) is 10.3. The molecule has 90 valence electrons. The Hall–Kier alpha value is -0.830. The van der Waals surface area contributed by atoms with Gasteiger partial charge in [-0.05, 0) is 30.5 Å². The van der Waals surface area contributed by atoms with Crippen molar-refractivity contribution in [3.8, 4) is 0 Å². The molecule has 3 heteroatoms. The Balaban J connectivity index is 2.70. The number of anilines is 1. The molecule has 0 aliphatic carbocycles. The van der Waals surface area contributed by atoms with Crippen LogP contribution in [0.15, 0.2) is 24.3 Å². The smallest absolute Gasteiger partial charge is 0.0483 e. The van der Waals surface area contributed by atoms with Crippen LogP contribution in [0, 0.1) is 0 Å². The van der Waals surface area contributed by atoms with E-state index in [9.17, 15) is 4.21 Å². The van der Waals surface area contributed by atoms with Gasteiger partial charge in [0.15, 0.2) is 0 Å². The number of benzene rings is 1. The zero-order chi connectivity index (χ0) is 12.0. The second-order valence-electron chi connectivity index (χ2n) is 4.08. The summed E-state index contributed by atoms with van der Waals surface area (Å²) in [4.78, 5) is 0. The molecule has 1 aromatic carbocycles. The molecular weight excluding hydrogens is 218 g/mol. The summed E-state index contributed by atoms with van der Waals surface area (Å²) in [6.07, 6.45) is 3.99. The maximum atomic E-state index is 11.1. The summed E-state index contributed by atoms with van der Waals surface area (Å²) in [5.74, 6) is 0.637. The van der Waals surface area contributed by atoms with Gasteiger partial charge in [-0.3, -0.25) is 4.21 Å². The fourth-order valence-corrected chi connectivity index (χ4v) is 2.36. The fraction of sp³-hybridized carbons (Fsp3) is 0.538. The molecule has 0 radical (unpaired) electrons. The van der Waals surface area contributed by atoms with Crippen LogP contribution in [0.2, 0.25) is 0 Å². The first kappa shape index (κ1) is 13.2. The van der Waals surface area contributed by atoms with Gasteiger partial charge in [-0.1, -0.05) is 26.0 Å². The van der Waals surface area contributed by atoms with Crippen molar-refractivity contribution in [1.29, 1.82) is 0 Å². The molecule has 1 rings (SSSR count). The van der Waals surface area contributed by atoms with Gasteiger partial charge in [0, 0.05) is 34.5 Å². The normalized spacial score (nSPS) is 12.8. The minimum Gasteiger partial charge on any atom is -0.382 e. The lowest BCUT2D eigenvalue weighted by Gasteiger charge is -2.16. The Morgan fingerprint density at radius 1 is 1.31 bits per heavy atom. The molecule has 0 amide bonds. The summed E-state index contributed by atoms with van der Waals surface area (Å²) in [6, 6.07) is 8.74. The molecule has 0 aliphatic heterocycles. The first-order valence-electron chi connectivity index (χ1n) is 5.81. The van der Waals surface area contributed by atoms with Crippen molar-refractivity contribution in [1.82, 2.24) is 0 Å². The average molecular weight is 239 g/mol. The Kier molecular flexibility index (Phi) is 5.53. The van der Waals surface area contributed by atoms with Crippen molar-refractivity contribution in [2.45, 2.75) is 38.5 Å². The molecule has 1 N–H and O–H groups in total. The molecule has 0 saturated carbocycles. The summed E-state index contributed by atoms with van der Waals surface area (Å²) in [5.41, 5.74) is 2.27. The highest BCUT2D eigenvalue weighted by atomic mass is 32.2. The predicted octanol–water partition coefficient (Wildman–Crippen LogP) is 3.17. The lowest BCUT2D eigenvalue weighted by atomic mass is 10.1. The van der Waals surface area contributed by atoms with Gasteiger partial charge in [-0.15, -0.1) is 0 Å². The van der Waals surface area contributed by atoms with E-state index in [0.29, 0.717) is 11.8 Å². The number of nitrogens with one attached hydrogen (secondary N) is 1. The highest BCUT2D eigenvalue weighted by molar-refractivity contribution is 7.83. The topological polar surface area (TPSA) is 29.1 Å². The highest BCUT2D eigenvalue weighted by Gasteiger charge is 2.03. The molecular formula is C13H21NOS. The number of hydrogen-bond donors (Lipinski definition) is 1. The molecule has 0 spiro atoms. The minimum atomic E-state index is -0.769. The summed E-state index contributed by atoms with van der Waals surface area (Å²) in [6.45, 7) is 4.37. The minimum absolute atomic E-state index is 0.530. The lowest BCUT2D eigenvalue weighted by Crippen LogP contribution is -2.16. The quantitative estimate of drug-likeness (QED) is 0.826. The standard InChI is InChI=1S/C13H21NOS/c1-4-12(5-2)14-13-8-6-7-11(9-13)10-16(3)15/h6-9,12,14H,4-5,10H2,1-3H3. The lowest BCUT2D eigenvalue weighted by molar-refractivity contribution is 0.671. The van der Waals surface area contributed by atoms with Crippen molar-refractivity contribution in [2.24, 2.45) is 0 Å². The Labute approximate surface area is 101 Å². The molecule has 0 fully saturated rings. The summed E-state index contributed by atoms with van der Waals surface area (Å²) < 4.78 is 11.1. The van der Waals surface area contributed by atoms with Crippen LogP contribution in [-0.4, -0.2) is 16.5 Å². The molecule has 0 saturated heterocycles. The first-order valence-corrected chi connectivity index (χ1v) is 7.54. The van der Waals surface area contributed by atoms with Crippen LogP contribution < -0.4 is 5.32 Å². The van der Waals surface area contributed by atoms with E-state index >= 15 is 0 Å². The van der Waals surface area contributed by atoms with Crippen molar-refractivity contribution >= 4 is 16.5 Å². The zero-order valence-corrected chi connectivity index (χ0v) is 11.1. The summed E-state index contributed by atoms with van der Waals surface area (Å²) in [7, 11) is -0.769. The van der Waals surface area contributed by atoms with Gasteiger partial charge in [-0.2, -0.15) is 0 Å². The maximum absolute atomic E-state index is 11.1. The fourth-order valence-electron chi connectivity index (χ4n) is 1.71. The Morgan fingerprint density at radius 3 is 2.56 bits per heavy atom. The van der Waals surface area contributed by atoms with Crippen LogP contribution in [-0.2, 0) is 16.6 Å². The second-order valence-corrected chi connectivity index (χ2v) is 5.51.